The Morgan fingerprint density at radius 2 is 1.90 bits per heavy atom. The Labute approximate surface area is 175 Å². The Morgan fingerprint density at radius 3 is 2.63 bits per heavy atom. The van der Waals surface area contributed by atoms with Crippen LogP contribution in [0.2, 0.25) is 0 Å². The minimum atomic E-state index is 0.0110. The predicted molar refractivity (Wildman–Crippen MR) is 116 cm³/mol. The van der Waals surface area contributed by atoms with Gasteiger partial charge in [-0.05, 0) is 55.4 Å². The lowest BCUT2D eigenvalue weighted by atomic mass is 9.82. The first-order chi connectivity index (χ1) is 14.6. The third kappa shape index (κ3) is 2.74. The van der Waals surface area contributed by atoms with Crippen LogP contribution in [0.4, 0.5) is 5.69 Å². The maximum absolute atomic E-state index is 13.4. The summed E-state index contributed by atoms with van der Waals surface area (Å²) in [4.78, 5) is 23.5. The molecule has 0 unspecified atom stereocenters. The van der Waals surface area contributed by atoms with Crippen molar-refractivity contribution < 1.29 is 9.53 Å². The Hall–Kier alpha value is -2.86. The molecule has 1 fully saturated rings. The van der Waals surface area contributed by atoms with Crippen molar-refractivity contribution in [1.29, 1.82) is 0 Å². The fourth-order valence-electron chi connectivity index (χ4n) is 5.49. The highest BCUT2D eigenvalue weighted by Crippen LogP contribution is 2.44. The van der Waals surface area contributed by atoms with Crippen molar-refractivity contribution >= 4 is 22.6 Å². The Balaban J connectivity index is 1.44. The first kappa shape index (κ1) is 18.0. The molecule has 6 nitrogen and oxygen atoms in total. The third-order valence-electron chi connectivity index (χ3n) is 6.95. The number of imidazole rings is 1. The second kappa shape index (κ2) is 6.57. The number of fused-ring (bicyclic) bond motifs is 4. The van der Waals surface area contributed by atoms with E-state index in [2.05, 4.69) is 34.6 Å². The molecule has 1 spiro atoms. The molecular weight excluding hydrogens is 376 g/mol. The number of nitrogens with zero attached hydrogens (tertiary/aromatic N) is 2. The summed E-state index contributed by atoms with van der Waals surface area (Å²) in [5.74, 6) is 0.982. The van der Waals surface area contributed by atoms with Gasteiger partial charge in [0.05, 0.1) is 24.4 Å². The number of ether oxygens (including phenoxy) is 1. The molecule has 1 amide bonds. The zero-order valence-corrected chi connectivity index (χ0v) is 17.3. The van der Waals surface area contributed by atoms with E-state index < -0.39 is 0 Å². The quantitative estimate of drug-likeness (QED) is 0.656. The van der Waals surface area contributed by atoms with E-state index in [0.717, 1.165) is 59.4 Å². The molecule has 0 atom stereocenters. The Morgan fingerprint density at radius 1 is 1.17 bits per heavy atom. The summed E-state index contributed by atoms with van der Waals surface area (Å²) in [5.41, 5.74) is 7.74. The molecule has 0 saturated carbocycles. The van der Waals surface area contributed by atoms with E-state index in [1.54, 1.807) is 0 Å². The van der Waals surface area contributed by atoms with Crippen LogP contribution in [0.15, 0.2) is 30.3 Å². The van der Waals surface area contributed by atoms with Gasteiger partial charge in [-0.1, -0.05) is 24.3 Å². The molecule has 1 saturated heterocycles. The zero-order chi connectivity index (χ0) is 20.3. The lowest BCUT2D eigenvalue weighted by molar-refractivity contribution is 0.0302. The Bertz CT molecular complexity index is 1130. The zero-order valence-electron chi connectivity index (χ0n) is 17.3. The highest BCUT2D eigenvalue weighted by atomic mass is 16.5. The number of hydrogen-bond acceptors (Lipinski definition) is 4. The smallest absolute Gasteiger partial charge is 0.254 e. The number of hydrogen-bond donors (Lipinski definition) is 2. The molecular formula is C24H26N4O2. The summed E-state index contributed by atoms with van der Waals surface area (Å²) in [5, 5.41) is 3.90. The van der Waals surface area contributed by atoms with Gasteiger partial charge in [0, 0.05) is 24.2 Å². The van der Waals surface area contributed by atoms with Crippen molar-refractivity contribution in [3.05, 3.63) is 58.4 Å². The molecule has 6 rings (SSSR count). The topological polar surface area (TPSA) is 70.2 Å². The predicted octanol–water partition coefficient (Wildman–Crippen LogP) is 3.24. The van der Waals surface area contributed by atoms with Crippen LogP contribution in [0.1, 0.15) is 39.3 Å². The van der Waals surface area contributed by atoms with Crippen LogP contribution in [0.25, 0.3) is 11.0 Å². The first-order valence-electron chi connectivity index (χ1n) is 10.9. The lowest BCUT2D eigenvalue weighted by Gasteiger charge is -2.38. The van der Waals surface area contributed by atoms with Crippen LogP contribution in [0.3, 0.4) is 0 Å². The number of aryl methyl sites for hydroxylation is 1. The van der Waals surface area contributed by atoms with E-state index in [9.17, 15) is 4.79 Å². The van der Waals surface area contributed by atoms with Crippen LogP contribution >= 0.6 is 0 Å². The number of H-pyrrole nitrogens is 1. The molecule has 0 bridgehead atoms. The van der Waals surface area contributed by atoms with E-state index in [4.69, 9.17) is 9.72 Å². The average Bonchev–Trinajstić information content (AvgIpc) is 3.32. The molecule has 3 heterocycles. The SMILES string of the molecule is Cc1nc2c3c(c(C(=O)N4CCOCC4)cc2[nH]1)CCC1(Cc2ccccc2C1)N3. The van der Waals surface area contributed by atoms with Gasteiger partial charge in [-0.2, -0.15) is 0 Å². The number of aromatic amines is 1. The van der Waals surface area contributed by atoms with E-state index in [0.29, 0.717) is 26.3 Å². The van der Waals surface area contributed by atoms with Crippen LogP contribution in [-0.4, -0.2) is 52.6 Å². The second-order valence-corrected chi connectivity index (χ2v) is 8.93. The molecule has 3 aromatic rings. The highest BCUT2D eigenvalue weighted by molar-refractivity contribution is 6.04. The number of anilines is 1. The number of nitrogens with one attached hydrogen (secondary N) is 2. The molecule has 154 valence electrons. The van der Waals surface area contributed by atoms with Gasteiger partial charge in [0.15, 0.2) is 0 Å². The second-order valence-electron chi connectivity index (χ2n) is 8.93. The lowest BCUT2D eigenvalue weighted by Crippen LogP contribution is -2.44. The number of morpholine rings is 1. The van der Waals surface area contributed by atoms with Crippen LogP contribution < -0.4 is 5.32 Å². The van der Waals surface area contributed by atoms with Crippen molar-refractivity contribution in [3.63, 3.8) is 0 Å². The number of rotatable bonds is 1. The minimum Gasteiger partial charge on any atom is -0.378 e. The fourth-order valence-corrected chi connectivity index (χ4v) is 5.49. The summed E-state index contributed by atoms with van der Waals surface area (Å²) in [7, 11) is 0. The molecule has 2 aromatic carbocycles. The molecule has 1 aliphatic carbocycles. The van der Waals surface area contributed by atoms with E-state index in [1.807, 2.05) is 17.9 Å². The van der Waals surface area contributed by atoms with Crippen molar-refractivity contribution in [3.8, 4) is 0 Å². The highest BCUT2D eigenvalue weighted by Gasteiger charge is 2.41. The number of aromatic nitrogens is 2. The van der Waals surface area contributed by atoms with Crippen molar-refractivity contribution in [2.24, 2.45) is 0 Å². The van der Waals surface area contributed by atoms with Gasteiger partial charge >= 0.3 is 0 Å². The van der Waals surface area contributed by atoms with Crippen LogP contribution in [-0.2, 0) is 24.0 Å². The van der Waals surface area contributed by atoms with Gasteiger partial charge in [-0.25, -0.2) is 4.98 Å². The fraction of sp³-hybridized carbons (Fsp3) is 0.417. The molecule has 2 aliphatic heterocycles. The molecule has 3 aliphatic rings. The van der Waals surface area contributed by atoms with E-state index in [-0.39, 0.29) is 11.4 Å². The van der Waals surface area contributed by atoms with Crippen LogP contribution in [0, 0.1) is 6.92 Å². The van der Waals surface area contributed by atoms with Gasteiger partial charge in [0.2, 0.25) is 0 Å². The van der Waals surface area contributed by atoms with Gasteiger partial charge in [0.25, 0.3) is 5.91 Å². The van der Waals surface area contributed by atoms with Gasteiger partial charge in [0.1, 0.15) is 11.3 Å². The first-order valence-corrected chi connectivity index (χ1v) is 10.9. The van der Waals surface area contributed by atoms with Crippen molar-refractivity contribution in [2.45, 2.75) is 38.1 Å². The van der Waals surface area contributed by atoms with Gasteiger partial charge in [-0.15, -0.1) is 0 Å². The standard InChI is InChI=1S/C24H26N4O2/c1-15-25-20-12-19(23(29)28-8-10-30-11-9-28)18-6-7-24(27-21(18)22(20)26-15)13-16-4-2-3-5-17(16)14-24/h2-5,12,27H,6-11,13-14H2,1H3,(H,25,26). The number of carbonyl (C=O) groups is 1. The van der Waals surface area contributed by atoms with Crippen molar-refractivity contribution in [2.75, 3.05) is 31.6 Å². The number of benzene rings is 2. The Kier molecular flexibility index (Phi) is 3.93. The normalized spacial score (nSPS) is 19.6. The monoisotopic (exact) mass is 402 g/mol. The summed E-state index contributed by atoms with van der Waals surface area (Å²) in [6, 6.07) is 10.8. The maximum atomic E-state index is 13.4. The molecule has 2 N–H and O–H groups in total. The summed E-state index contributed by atoms with van der Waals surface area (Å²) in [6.07, 6.45) is 3.96. The molecule has 30 heavy (non-hydrogen) atoms. The largest absolute Gasteiger partial charge is 0.378 e. The molecule has 6 heteroatoms. The molecule has 0 radical (unpaired) electrons. The number of amides is 1. The van der Waals surface area contributed by atoms with Gasteiger partial charge in [-0.3, -0.25) is 4.79 Å². The summed E-state index contributed by atoms with van der Waals surface area (Å²) < 4.78 is 5.44. The number of carbonyl (C=O) groups excluding carboxylic acids is 1. The summed E-state index contributed by atoms with van der Waals surface area (Å²) >= 11 is 0. The van der Waals surface area contributed by atoms with Crippen LogP contribution in [0.5, 0.6) is 0 Å². The van der Waals surface area contributed by atoms with Crippen molar-refractivity contribution in [1.82, 2.24) is 14.9 Å². The van der Waals surface area contributed by atoms with E-state index in [1.165, 1.54) is 11.1 Å². The average molecular weight is 402 g/mol. The maximum Gasteiger partial charge on any atom is 0.254 e. The van der Waals surface area contributed by atoms with Gasteiger partial charge < -0.3 is 19.9 Å². The van der Waals surface area contributed by atoms with E-state index >= 15 is 0 Å². The molecule has 1 aromatic heterocycles. The third-order valence-corrected chi connectivity index (χ3v) is 6.95. The summed E-state index contributed by atoms with van der Waals surface area (Å²) in [6.45, 7) is 4.50. The minimum absolute atomic E-state index is 0.0110.